The molecular formula is C24H26N2O5. The summed E-state index contributed by atoms with van der Waals surface area (Å²) in [6.07, 6.45) is 1.88. The monoisotopic (exact) mass is 422 g/mol. The van der Waals surface area contributed by atoms with Gasteiger partial charge in [0.15, 0.2) is 12.4 Å². The number of amides is 2. The Labute approximate surface area is 181 Å². The van der Waals surface area contributed by atoms with Crippen LogP contribution in [0.2, 0.25) is 0 Å². The van der Waals surface area contributed by atoms with Crippen molar-refractivity contribution in [1.29, 1.82) is 0 Å². The predicted molar refractivity (Wildman–Crippen MR) is 118 cm³/mol. The predicted octanol–water partition coefficient (Wildman–Crippen LogP) is 3.57. The third-order valence-electron chi connectivity index (χ3n) is 4.06. The molecule has 2 aromatic rings. The van der Waals surface area contributed by atoms with Crippen LogP contribution in [0.15, 0.2) is 60.3 Å². The first kappa shape index (κ1) is 23.5. The molecule has 31 heavy (non-hydrogen) atoms. The largest absolute Gasteiger partial charge is 0.453 e. The van der Waals surface area contributed by atoms with Crippen molar-refractivity contribution in [3.8, 4) is 0 Å². The Morgan fingerprint density at radius 2 is 1.61 bits per heavy atom. The number of rotatable bonds is 9. The number of ketones is 1. The fourth-order valence-corrected chi connectivity index (χ4v) is 2.67. The van der Waals surface area contributed by atoms with Crippen molar-refractivity contribution < 1.29 is 23.9 Å². The van der Waals surface area contributed by atoms with E-state index in [9.17, 15) is 19.2 Å². The van der Waals surface area contributed by atoms with Crippen LogP contribution in [0, 0.1) is 5.92 Å². The zero-order valence-corrected chi connectivity index (χ0v) is 17.8. The van der Waals surface area contributed by atoms with E-state index < -0.39 is 24.3 Å². The summed E-state index contributed by atoms with van der Waals surface area (Å²) in [4.78, 5) is 48.0. The van der Waals surface area contributed by atoms with Gasteiger partial charge in [0.05, 0.1) is 0 Å². The second kappa shape index (κ2) is 11.4. The van der Waals surface area contributed by atoms with Crippen LogP contribution in [0.25, 0.3) is 6.08 Å². The summed E-state index contributed by atoms with van der Waals surface area (Å²) in [6.45, 7) is 4.70. The lowest BCUT2D eigenvalue weighted by atomic mass is 10.1. The summed E-state index contributed by atoms with van der Waals surface area (Å²) >= 11 is 0. The van der Waals surface area contributed by atoms with Gasteiger partial charge in [-0.25, -0.2) is 4.79 Å². The number of esters is 1. The minimum atomic E-state index is -0.815. The van der Waals surface area contributed by atoms with Crippen molar-refractivity contribution in [3.05, 3.63) is 71.4 Å². The zero-order chi connectivity index (χ0) is 22.8. The number of anilines is 1. The van der Waals surface area contributed by atoms with E-state index in [0.29, 0.717) is 23.2 Å². The third-order valence-corrected chi connectivity index (χ3v) is 4.06. The summed E-state index contributed by atoms with van der Waals surface area (Å²) < 4.78 is 5.09. The molecule has 0 aromatic heterocycles. The Morgan fingerprint density at radius 1 is 0.968 bits per heavy atom. The minimum absolute atomic E-state index is 0.0605. The topological polar surface area (TPSA) is 102 Å². The molecule has 0 aliphatic rings. The van der Waals surface area contributed by atoms with Crippen LogP contribution in [0.1, 0.15) is 43.1 Å². The number of hydrogen-bond acceptors (Lipinski definition) is 5. The molecule has 7 heteroatoms. The molecule has 7 nitrogen and oxygen atoms in total. The van der Waals surface area contributed by atoms with Crippen molar-refractivity contribution in [3.63, 3.8) is 0 Å². The highest BCUT2D eigenvalue weighted by Crippen LogP contribution is 2.12. The van der Waals surface area contributed by atoms with Gasteiger partial charge in [0, 0.05) is 24.6 Å². The van der Waals surface area contributed by atoms with Gasteiger partial charge in [0.1, 0.15) is 5.70 Å². The Balaban J connectivity index is 1.98. The van der Waals surface area contributed by atoms with E-state index >= 15 is 0 Å². The van der Waals surface area contributed by atoms with Gasteiger partial charge < -0.3 is 15.4 Å². The third kappa shape index (κ3) is 8.26. The van der Waals surface area contributed by atoms with Crippen molar-refractivity contribution in [2.75, 3.05) is 11.9 Å². The molecule has 0 saturated carbocycles. The van der Waals surface area contributed by atoms with Crippen LogP contribution in [-0.4, -0.2) is 30.2 Å². The van der Waals surface area contributed by atoms with Gasteiger partial charge >= 0.3 is 5.97 Å². The molecule has 0 bridgehead atoms. The van der Waals surface area contributed by atoms with Gasteiger partial charge in [0.25, 0.3) is 0 Å². The number of carbonyl (C=O) groups is 4. The molecule has 0 aliphatic carbocycles. The normalized spacial score (nSPS) is 11.0. The fraction of sp³-hybridized carbons (Fsp3) is 0.250. The van der Waals surface area contributed by atoms with Gasteiger partial charge in [-0.05, 0) is 41.8 Å². The van der Waals surface area contributed by atoms with Gasteiger partial charge in [0.2, 0.25) is 11.8 Å². The summed E-state index contributed by atoms with van der Waals surface area (Å²) in [7, 11) is 0. The number of nitrogens with one attached hydrogen (secondary N) is 2. The first-order chi connectivity index (χ1) is 14.7. The van der Waals surface area contributed by atoms with Crippen molar-refractivity contribution >= 4 is 35.3 Å². The van der Waals surface area contributed by atoms with Crippen LogP contribution in [0.5, 0.6) is 0 Å². The van der Waals surface area contributed by atoms with Crippen LogP contribution < -0.4 is 10.6 Å². The molecule has 0 spiro atoms. The number of ether oxygens (including phenoxy) is 1. The molecule has 0 unspecified atom stereocenters. The molecular weight excluding hydrogens is 396 g/mol. The quantitative estimate of drug-likeness (QED) is 0.365. The second-order valence-corrected chi connectivity index (χ2v) is 7.37. The summed E-state index contributed by atoms with van der Waals surface area (Å²) in [6, 6.07) is 15.3. The lowest BCUT2D eigenvalue weighted by molar-refractivity contribution is -0.139. The maximum Gasteiger partial charge on any atom is 0.355 e. The van der Waals surface area contributed by atoms with Crippen molar-refractivity contribution in [2.24, 2.45) is 5.92 Å². The SMILES string of the molecule is CC(=O)N/C(=C\c1ccccc1)C(=O)OCC(=O)c1ccc(NC(=O)CC(C)C)cc1. The number of carbonyl (C=O) groups excluding carboxylic acids is 4. The van der Waals surface area contributed by atoms with Crippen molar-refractivity contribution in [2.45, 2.75) is 27.2 Å². The van der Waals surface area contributed by atoms with E-state index in [1.165, 1.54) is 13.0 Å². The molecule has 0 radical (unpaired) electrons. The van der Waals surface area contributed by atoms with Gasteiger partial charge in [-0.3, -0.25) is 14.4 Å². The smallest absolute Gasteiger partial charge is 0.355 e. The first-order valence-corrected chi connectivity index (χ1v) is 9.89. The van der Waals surface area contributed by atoms with E-state index in [0.717, 1.165) is 0 Å². The van der Waals surface area contributed by atoms with E-state index in [4.69, 9.17) is 4.74 Å². The Hall–Kier alpha value is -3.74. The average Bonchev–Trinajstić information content (AvgIpc) is 2.71. The molecule has 0 saturated heterocycles. The minimum Gasteiger partial charge on any atom is -0.453 e. The molecule has 0 heterocycles. The van der Waals surface area contributed by atoms with Gasteiger partial charge in [-0.2, -0.15) is 0 Å². The Morgan fingerprint density at radius 3 is 2.19 bits per heavy atom. The van der Waals surface area contributed by atoms with E-state index in [1.807, 2.05) is 19.9 Å². The number of Topliss-reactive ketones (excluding diaryl/α,β-unsaturated/α-hetero) is 1. The van der Waals surface area contributed by atoms with E-state index in [-0.39, 0.29) is 17.5 Å². The lowest BCUT2D eigenvalue weighted by Gasteiger charge is -2.10. The molecule has 2 aromatic carbocycles. The van der Waals surface area contributed by atoms with Crippen molar-refractivity contribution in [1.82, 2.24) is 5.32 Å². The Bertz CT molecular complexity index is 963. The molecule has 0 atom stereocenters. The summed E-state index contributed by atoms with van der Waals surface area (Å²) in [5.74, 6) is -1.51. The average molecular weight is 422 g/mol. The fourth-order valence-electron chi connectivity index (χ4n) is 2.67. The molecule has 2 rings (SSSR count). The second-order valence-electron chi connectivity index (χ2n) is 7.37. The molecule has 162 valence electrons. The summed E-state index contributed by atoms with van der Waals surface area (Å²) in [5, 5.41) is 5.19. The summed E-state index contributed by atoms with van der Waals surface area (Å²) in [5.41, 5.74) is 1.56. The zero-order valence-electron chi connectivity index (χ0n) is 17.8. The standard InChI is InChI=1S/C24H26N2O5/c1-16(2)13-23(29)26-20-11-9-19(10-12-20)22(28)15-31-24(30)21(25-17(3)27)14-18-7-5-4-6-8-18/h4-12,14,16H,13,15H2,1-3H3,(H,25,27)(H,26,29)/b21-14-. The maximum absolute atomic E-state index is 12.4. The van der Waals surface area contributed by atoms with Crippen LogP contribution in [-0.2, 0) is 19.1 Å². The molecule has 2 N–H and O–H groups in total. The maximum atomic E-state index is 12.4. The molecule has 2 amide bonds. The highest BCUT2D eigenvalue weighted by atomic mass is 16.5. The lowest BCUT2D eigenvalue weighted by Crippen LogP contribution is -2.27. The van der Waals surface area contributed by atoms with Gasteiger partial charge in [-0.1, -0.05) is 44.2 Å². The van der Waals surface area contributed by atoms with Crippen LogP contribution in [0.3, 0.4) is 0 Å². The van der Waals surface area contributed by atoms with Crippen LogP contribution >= 0.6 is 0 Å². The van der Waals surface area contributed by atoms with E-state index in [1.54, 1.807) is 48.5 Å². The van der Waals surface area contributed by atoms with Crippen LogP contribution in [0.4, 0.5) is 5.69 Å². The molecule has 0 aliphatic heterocycles. The highest BCUT2D eigenvalue weighted by molar-refractivity contribution is 6.02. The number of benzene rings is 2. The Kier molecular flexibility index (Phi) is 8.69. The first-order valence-electron chi connectivity index (χ1n) is 9.89. The molecule has 0 fully saturated rings. The van der Waals surface area contributed by atoms with Gasteiger partial charge in [-0.15, -0.1) is 0 Å². The highest BCUT2D eigenvalue weighted by Gasteiger charge is 2.16. The number of hydrogen-bond donors (Lipinski definition) is 2. The van der Waals surface area contributed by atoms with E-state index in [2.05, 4.69) is 10.6 Å².